The molecule has 0 saturated heterocycles. The Morgan fingerprint density at radius 2 is 2.07 bits per heavy atom. The van der Waals surface area contributed by atoms with Gasteiger partial charge in [0.05, 0.1) is 13.0 Å². The SMILES string of the molecule is C=C(CC(=O)OC(C)O)C(=O)OCC. The third-order valence-electron chi connectivity index (χ3n) is 1.22. The standard InChI is InChI=1S/C9H14O5/c1-4-13-9(12)6(2)5-8(11)14-7(3)10/h7,10H,2,4-5H2,1,3H3. The number of aliphatic hydroxyl groups is 1. The van der Waals surface area contributed by atoms with E-state index in [1.54, 1.807) is 6.92 Å². The second kappa shape index (κ2) is 6.15. The zero-order valence-corrected chi connectivity index (χ0v) is 8.28. The molecule has 1 unspecified atom stereocenters. The molecule has 0 aromatic carbocycles. The van der Waals surface area contributed by atoms with Crippen LogP contribution >= 0.6 is 0 Å². The summed E-state index contributed by atoms with van der Waals surface area (Å²) in [4.78, 5) is 21.9. The fraction of sp³-hybridized carbons (Fsp3) is 0.556. The van der Waals surface area contributed by atoms with E-state index in [1.807, 2.05) is 0 Å². The first kappa shape index (κ1) is 12.6. The summed E-state index contributed by atoms with van der Waals surface area (Å²) in [6.45, 7) is 6.54. The average molecular weight is 202 g/mol. The number of aliphatic hydroxyl groups excluding tert-OH is 1. The van der Waals surface area contributed by atoms with E-state index in [1.165, 1.54) is 6.92 Å². The topological polar surface area (TPSA) is 72.8 Å². The summed E-state index contributed by atoms with van der Waals surface area (Å²) in [5.74, 6) is -1.34. The molecule has 0 aliphatic carbocycles. The summed E-state index contributed by atoms with van der Waals surface area (Å²) in [6, 6.07) is 0. The fourth-order valence-electron chi connectivity index (χ4n) is 0.711. The molecule has 0 saturated carbocycles. The molecule has 0 rings (SSSR count). The van der Waals surface area contributed by atoms with Crippen LogP contribution in [0, 0.1) is 0 Å². The van der Waals surface area contributed by atoms with Gasteiger partial charge in [-0.05, 0) is 13.8 Å². The van der Waals surface area contributed by atoms with Crippen molar-refractivity contribution in [3.63, 3.8) is 0 Å². The van der Waals surface area contributed by atoms with E-state index >= 15 is 0 Å². The predicted octanol–water partition coefficient (Wildman–Crippen LogP) is 0.377. The van der Waals surface area contributed by atoms with E-state index in [-0.39, 0.29) is 18.6 Å². The van der Waals surface area contributed by atoms with Crippen molar-refractivity contribution in [2.45, 2.75) is 26.6 Å². The van der Waals surface area contributed by atoms with E-state index in [0.717, 1.165) is 0 Å². The van der Waals surface area contributed by atoms with Crippen molar-refractivity contribution in [2.75, 3.05) is 6.61 Å². The number of rotatable bonds is 5. The van der Waals surface area contributed by atoms with Crippen molar-refractivity contribution >= 4 is 11.9 Å². The van der Waals surface area contributed by atoms with Crippen LogP contribution in [0.15, 0.2) is 12.2 Å². The summed E-state index contributed by atoms with van der Waals surface area (Å²) in [5, 5.41) is 8.69. The molecule has 5 nitrogen and oxygen atoms in total. The van der Waals surface area contributed by atoms with E-state index in [9.17, 15) is 9.59 Å². The molecule has 1 atom stereocenters. The fourth-order valence-corrected chi connectivity index (χ4v) is 0.711. The van der Waals surface area contributed by atoms with Crippen LogP contribution in [0.1, 0.15) is 20.3 Å². The van der Waals surface area contributed by atoms with Crippen molar-refractivity contribution in [2.24, 2.45) is 0 Å². The maximum Gasteiger partial charge on any atom is 0.333 e. The van der Waals surface area contributed by atoms with Crippen LogP contribution in [-0.4, -0.2) is 29.9 Å². The summed E-state index contributed by atoms with van der Waals surface area (Å²) >= 11 is 0. The molecule has 0 bridgehead atoms. The van der Waals surface area contributed by atoms with Gasteiger partial charge < -0.3 is 14.6 Å². The second-order valence-corrected chi connectivity index (χ2v) is 2.59. The lowest BCUT2D eigenvalue weighted by Crippen LogP contribution is -2.17. The minimum atomic E-state index is -1.18. The zero-order valence-electron chi connectivity index (χ0n) is 8.28. The van der Waals surface area contributed by atoms with E-state index < -0.39 is 18.2 Å². The summed E-state index contributed by atoms with van der Waals surface area (Å²) < 4.78 is 9.00. The Hall–Kier alpha value is -1.36. The van der Waals surface area contributed by atoms with E-state index in [2.05, 4.69) is 16.1 Å². The predicted molar refractivity (Wildman–Crippen MR) is 48.2 cm³/mol. The maximum atomic E-state index is 11.0. The van der Waals surface area contributed by atoms with E-state index in [4.69, 9.17) is 5.11 Å². The van der Waals surface area contributed by atoms with Crippen LogP contribution in [0.5, 0.6) is 0 Å². The van der Waals surface area contributed by atoms with Gasteiger partial charge in [0.2, 0.25) is 0 Å². The third kappa shape index (κ3) is 5.31. The average Bonchev–Trinajstić information content (AvgIpc) is 2.02. The number of esters is 2. The van der Waals surface area contributed by atoms with Gasteiger partial charge >= 0.3 is 11.9 Å². The Labute approximate surface area is 82.3 Å². The number of hydrogen-bond donors (Lipinski definition) is 1. The highest BCUT2D eigenvalue weighted by atomic mass is 16.6. The van der Waals surface area contributed by atoms with Gasteiger partial charge in [-0.3, -0.25) is 4.79 Å². The first-order valence-electron chi connectivity index (χ1n) is 4.19. The van der Waals surface area contributed by atoms with Crippen molar-refractivity contribution in [1.29, 1.82) is 0 Å². The maximum absolute atomic E-state index is 11.0. The smallest absolute Gasteiger partial charge is 0.333 e. The first-order valence-corrected chi connectivity index (χ1v) is 4.19. The molecule has 0 heterocycles. The number of ether oxygens (including phenoxy) is 2. The summed E-state index contributed by atoms with van der Waals surface area (Å²) in [5.41, 5.74) is 0.0116. The van der Waals surface area contributed by atoms with Crippen molar-refractivity contribution in [3.8, 4) is 0 Å². The number of carbonyl (C=O) groups is 2. The van der Waals surface area contributed by atoms with Crippen LogP contribution in [0.25, 0.3) is 0 Å². The molecular formula is C9H14O5. The molecule has 0 aliphatic rings. The Balaban J connectivity index is 3.94. The Morgan fingerprint density at radius 1 is 1.50 bits per heavy atom. The van der Waals surface area contributed by atoms with Gasteiger partial charge in [0.1, 0.15) is 0 Å². The molecule has 0 radical (unpaired) electrons. The molecule has 80 valence electrons. The second-order valence-electron chi connectivity index (χ2n) is 2.59. The lowest BCUT2D eigenvalue weighted by molar-refractivity contribution is -0.164. The highest BCUT2D eigenvalue weighted by Gasteiger charge is 2.14. The highest BCUT2D eigenvalue weighted by molar-refractivity contribution is 5.93. The highest BCUT2D eigenvalue weighted by Crippen LogP contribution is 2.03. The number of carbonyl (C=O) groups excluding carboxylic acids is 2. The monoisotopic (exact) mass is 202 g/mol. The van der Waals surface area contributed by atoms with Crippen LogP contribution in [-0.2, 0) is 19.1 Å². The van der Waals surface area contributed by atoms with Gasteiger partial charge in [0, 0.05) is 5.57 Å². The van der Waals surface area contributed by atoms with Crippen LogP contribution in [0.2, 0.25) is 0 Å². The third-order valence-corrected chi connectivity index (χ3v) is 1.22. The zero-order chi connectivity index (χ0) is 11.1. The van der Waals surface area contributed by atoms with Crippen LogP contribution in [0.3, 0.4) is 0 Å². The minimum Gasteiger partial charge on any atom is -0.463 e. The van der Waals surface area contributed by atoms with Gasteiger partial charge in [-0.25, -0.2) is 4.79 Å². The summed E-state index contributed by atoms with van der Waals surface area (Å²) in [7, 11) is 0. The van der Waals surface area contributed by atoms with E-state index in [0.29, 0.717) is 0 Å². The molecule has 0 aromatic rings. The van der Waals surface area contributed by atoms with Crippen molar-refractivity contribution in [3.05, 3.63) is 12.2 Å². The normalized spacial score (nSPS) is 11.6. The molecular weight excluding hydrogens is 188 g/mol. The molecule has 5 heteroatoms. The molecule has 0 aromatic heterocycles. The lowest BCUT2D eigenvalue weighted by atomic mass is 10.2. The minimum absolute atomic E-state index is 0.0116. The largest absolute Gasteiger partial charge is 0.463 e. The molecule has 0 amide bonds. The first-order chi connectivity index (χ1) is 6.47. The van der Waals surface area contributed by atoms with Gasteiger partial charge in [-0.2, -0.15) is 0 Å². The van der Waals surface area contributed by atoms with Gasteiger partial charge in [0.25, 0.3) is 0 Å². The number of hydrogen-bond acceptors (Lipinski definition) is 5. The van der Waals surface area contributed by atoms with Gasteiger partial charge in [0.15, 0.2) is 6.29 Å². The Morgan fingerprint density at radius 3 is 2.50 bits per heavy atom. The Kier molecular flexibility index (Phi) is 5.55. The molecule has 0 spiro atoms. The van der Waals surface area contributed by atoms with Gasteiger partial charge in [-0.15, -0.1) is 0 Å². The summed E-state index contributed by atoms with van der Waals surface area (Å²) in [6.07, 6.45) is -1.46. The van der Waals surface area contributed by atoms with Gasteiger partial charge in [-0.1, -0.05) is 6.58 Å². The quantitative estimate of drug-likeness (QED) is 0.396. The van der Waals surface area contributed by atoms with Crippen LogP contribution in [0.4, 0.5) is 0 Å². The van der Waals surface area contributed by atoms with Crippen molar-refractivity contribution in [1.82, 2.24) is 0 Å². The molecule has 0 fully saturated rings. The lowest BCUT2D eigenvalue weighted by Gasteiger charge is -2.07. The molecule has 0 aliphatic heterocycles. The molecule has 14 heavy (non-hydrogen) atoms. The van der Waals surface area contributed by atoms with Crippen molar-refractivity contribution < 1.29 is 24.2 Å². The molecule has 1 N–H and O–H groups in total. The van der Waals surface area contributed by atoms with Crippen LogP contribution < -0.4 is 0 Å². The Bertz CT molecular complexity index is 231.